The number of nitrogens with zero attached hydrogens (tertiary/aromatic N) is 5. The Balaban J connectivity index is 1.34. The molecular weight excluding hydrogens is 396 g/mol. The molecule has 1 aromatic heterocycles. The molecule has 2 heterocycles. The molecule has 1 saturated heterocycles. The van der Waals surface area contributed by atoms with Crippen molar-refractivity contribution in [3.63, 3.8) is 0 Å². The minimum Gasteiger partial charge on any atom is -0.338 e. The highest BCUT2D eigenvalue weighted by Gasteiger charge is 2.26. The number of urea groups is 1. The number of aryl methyl sites for hydroxylation is 1. The molecule has 0 spiro atoms. The highest BCUT2D eigenvalue weighted by molar-refractivity contribution is 7.98. The van der Waals surface area contributed by atoms with Gasteiger partial charge < -0.3 is 19.1 Å². The predicted molar refractivity (Wildman–Crippen MR) is 125 cm³/mol. The lowest BCUT2D eigenvalue weighted by Gasteiger charge is -2.35. The van der Waals surface area contributed by atoms with Crippen LogP contribution in [0.25, 0.3) is 11.0 Å². The first-order valence-electron chi connectivity index (χ1n) is 10.9. The quantitative estimate of drug-likeness (QED) is 0.735. The number of anilines is 1. The summed E-state index contributed by atoms with van der Waals surface area (Å²) in [5.41, 5.74) is 3.34. The topological polar surface area (TPSA) is 56.6 Å². The second kappa shape index (κ2) is 8.30. The summed E-state index contributed by atoms with van der Waals surface area (Å²) in [5.74, 6) is 1.82. The van der Waals surface area contributed by atoms with E-state index >= 15 is 0 Å². The van der Waals surface area contributed by atoms with Crippen molar-refractivity contribution in [3.05, 3.63) is 24.0 Å². The van der Waals surface area contributed by atoms with E-state index < -0.39 is 0 Å². The van der Waals surface area contributed by atoms with E-state index in [4.69, 9.17) is 4.98 Å². The van der Waals surface area contributed by atoms with Crippen LogP contribution in [-0.2, 0) is 12.5 Å². The van der Waals surface area contributed by atoms with Crippen LogP contribution in [-0.4, -0.2) is 64.6 Å². The Kier molecular flexibility index (Phi) is 5.90. The first-order valence-corrected chi connectivity index (χ1v) is 11.6. The van der Waals surface area contributed by atoms with Crippen molar-refractivity contribution in [1.82, 2.24) is 24.1 Å². The van der Waals surface area contributed by atoms with Gasteiger partial charge in [-0.15, -0.1) is 0 Å². The van der Waals surface area contributed by atoms with E-state index in [1.165, 1.54) is 12.8 Å². The van der Waals surface area contributed by atoms with E-state index in [9.17, 15) is 4.79 Å². The van der Waals surface area contributed by atoms with Crippen LogP contribution in [0.5, 0.6) is 0 Å². The average molecular weight is 431 g/mol. The summed E-state index contributed by atoms with van der Waals surface area (Å²) >= 11 is 1.71. The second-order valence-corrected chi connectivity index (χ2v) is 10.8. The van der Waals surface area contributed by atoms with Crippen molar-refractivity contribution in [2.75, 3.05) is 44.1 Å². The maximum atomic E-state index is 12.3. The first-order chi connectivity index (χ1) is 14.2. The van der Waals surface area contributed by atoms with Gasteiger partial charge >= 0.3 is 6.03 Å². The van der Waals surface area contributed by atoms with Gasteiger partial charge in [-0.2, -0.15) is 0 Å². The van der Waals surface area contributed by atoms with Crippen molar-refractivity contribution in [2.45, 2.75) is 39.0 Å². The van der Waals surface area contributed by atoms with Crippen LogP contribution in [0, 0.1) is 5.92 Å². The summed E-state index contributed by atoms with van der Waals surface area (Å²) in [7, 11) is 4.18. The summed E-state index contributed by atoms with van der Waals surface area (Å²) in [6, 6.07) is 6.58. The number of piperazine rings is 1. The number of rotatable bonds is 5. The maximum Gasteiger partial charge on any atom is 0.317 e. The number of benzene rings is 1. The fourth-order valence-corrected chi connectivity index (χ4v) is 4.79. The van der Waals surface area contributed by atoms with Crippen LogP contribution in [0.4, 0.5) is 10.5 Å². The number of fused-ring (bicyclic) bond motifs is 1. The first kappa shape index (κ1) is 21.3. The van der Waals surface area contributed by atoms with Crippen molar-refractivity contribution in [3.8, 4) is 0 Å². The van der Waals surface area contributed by atoms with Gasteiger partial charge in [-0.25, -0.2) is 14.1 Å². The van der Waals surface area contributed by atoms with Gasteiger partial charge in [0.1, 0.15) is 5.82 Å². The van der Waals surface area contributed by atoms with E-state index in [-0.39, 0.29) is 11.4 Å². The zero-order valence-electron chi connectivity index (χ0n) is 18.8. The molecule has 8 heteroatoms. The lowest BCUT2D eigenvalue weighted by molar-refractivity contribution is 0.175. The van der Waals surface area contributed by atoms with Crippen LogP contribution in [0.2, 0.25) is 0 Å². The second-order valence-electron chi connectivity index (χ2n) is 9.54. The Hall–Kier alpha value is -1.93. The molecule has 1 N–H and O–H groups in total. The monoisotopic (exact) mass is 430 g/mol. The molecule has 0 radical (unpaired) electrons. The Morgan fingerprint density at radius 1 is 1.23 bits per heavy atom. The molecule has 1 aromatic carbocycles. The third kappa shape index (κ3) is 4.70. The fraction of sp³-hybridized carbons (Fsp3) is 0.636. The molecule has 30 heavy (non-hydrogen) atoms. The molecule has 2 aliphatic rings. The third-order valence-corrected chi connectivity index (χ3v) is 6.95. The van der Waals surface area contributed by atoms with Crippen LogP contribution >= 0.6 is 12.1 Å². The average Bonchev–Trinajstić information content (AvgIpc) is 3.48. The van der Waals surface area contributed by atoms with Gasteiger partial charge in [0.15, 0.2) is 0 Å². The molecule has 0 unspecified atom stereocenters. The van der Waals surface area contributed by atoms with Crippen LogP contribution in [0.1, 0.15) is 39.4 Å². The number of nitrogens with one attached hydrogen (secondary N) is 1. The largest absolute Gasteiger partial charge is 0.338 e. The molecule has 0 atom stereocenters. The highest BCUT2D eigenvalue weighted by Crippen LogP contribution is 2.31. The van der Waals surface area contributed by atoms with E-state index in [2.05, 4.69) is 71.6 Å². The summed E-state index contributed by atoms with van der Waals surface area (Å²) in [4.78, 5) is 19.1. The molecule has 1 saturated carbocycles. The molecular formula is C22H34N6OS. The maximum absolute atomic E-state index is 12.3. The zero-order valence-corrected chi connectivity index (χ0v) is 19.6. The van der Waals surface area contributed by atoms with E-state index in [1.807, 2.05) is 4.90 Å². The summed E-state index contributed by atoms with van der Waals surface area (Å²) in [6.45, 7) is 10.7. The lowest BCUT2D eigenvalue weighted by atomic mass is 9.96. The van der Waals surface area contributed by atoms with Crippen molar-refractivity contribution < 1.29 is 4.79 Å². The summed E-state index contributed by atoms with van der Waals surface area (Å²) in [5, 5.41) is 3.07. The van der Waals surface area contributed by atoms with Crippen molar-refractivity contribution in [2.24, 2.45) is 13.0 Å². The third-order valence-electron chi connectivity index (χ3n) is 5.90. The van der Waals surface area contributed by atoms with Gasteiger partial charge in [0.25, 0.3) is 0 Å². The van der Waals surface area contributed by atoms with E-state index in [1.54, 1.807) is 12.1 Å². The SMILES string of the molecule is CN(SN1CCN(C(=O)NCC2CC2)CC1)c1ccc2c(c1)nc(C(C)(C)C)n2C. The number of hydrogen-bond acceptors (Lipinski definition) is 5. The van der Waals surface area contributed by atoms with Gasteiger partial charge in [0, 0.05) is 64.4 Å². The van der Waals surface area contributed by atoms with E-state index in [0.29, 0.717) is 0 Å². The summed E-state index contributed by atoms with van der Waals surface area (Å²) < 4.78 is 6.71. The predicted octanol–water partition coefficient (Wildman–Crippen LogP) is 3.61. The van der Waals surface area contributed by atoms with Crippen LogP contribution < -0.4 is 9.62 Å². The summed E-state index contributed by atoms with van der Waals surface area (Å²) in [6.07, 6.45) is 2.53. The molecule has 2 fully saturated rings. The van der Waals surface area contributed by atoms with Crippen LogP contribution in [0.15, 0.2) is 18.2 Å². The highest BCUT2D eigenvalue weighted by atomic mass is 32.2. The number of carbonyl (C=O) groups excluding carboxylic acids is 1. The number of carbonyl (C=O) groups is 1. The fourth-order valence-electron chi connectivity index (χ4n) is 3.91. The normalized spacial score (nSPS) is 18.1. The zero-order chi connectivity index (χ0) is 21.5. The lowest BCUT2D eigenvalue weighted by Crippen LogP contribution is -2.50. The Morgan fingerprint density at radius 3 is 2.57 bits per heavy atom. The number of amides is 2. The molecule has 164 valence electrons. The van der Waals surface area contributed by atoms with Crippen molar-refractivity contribution in [1.29, 1.82) is 0 Å². The molecule has 7 nitrogen and oxygen atoms in total. The van der Waals surface area contributed by atoms with Gasteiger partial charge in [-0.05, 0) is 37.0 Å². The van der Waals surface area contributed by atoms with Crippen molar-refractivity contribution >= 4 is 34.9 Å². The van der Waals surface area contributed by atoms with Gasteiger partial charge in [-0.1, -0.05) is 20.8 Å². The Bertz CT molecular complexity index is 908. The molecule has 2 aromatic rings. The van der Waals surface area contributed by atoms with Gasteiger partial charge in [0.05, 0.1) is 16.7 Å². The standard InChI is InChI=1S/C22H34N6OS/c1-22(2,3)20-24-18-14-17(8-9-19(18)25(20)4)26(5)30-28-12-10-27(11-13-28)21(29)23-15-16-6-7-16/h8-9,14,16H,6-7,10-13,15H2,1-5H3,(H,23,29). The molecule has 2 amide bonds. The number of hydrogen-bond donors (Lipinski definition) is 1. The smallest absolute Gasteiger partial charge is 0.317 e. The van der Waals surface area contributed by atoms with Gasteiger partial charge in [0.2, 0.25) is 0 Å². The van der Waals surface area contributed by atoms with Crippen LogP contribution in [0.3, 0.4) is 0 Å². The van der Waals surface area contributed by atoms with E-state index in [0.717, 1.165) is 61.2 Å². The minimum absolute atomic E-state index is 0.0131. The Labute approximate surface area is 184 Å². The molecule has 0 bridgehead atoms. The number of aromatic nitrogens is 2. The number of imidazole rings is 1. The molecule has 1 aliphatic carbocycles. The molecule has 1 aliphatic heterocycles. The molecule has 4 rings (SSSR count). The Morgan fingerprint density at radius 2 is 1.93 bits per heavy atom. The van der Waals surface area contributed by atoms with Gasteiger partial charge in [-0.3, -0.25) is 0 Å². The minimum atomic E-state index is 0.0131.